The summed E-state index contributed by atoms with van der Waals surface area (Å²) in [6, 6.07) is 8.23. The predicted octanol–water partition coefficient (Wildman–Crippen LogP) is 2.05. The van der Waals surface area contributed by atoms with Crippen molar-refractivity contribution in [2.75, 3.05) is 0 Å². The lowest BCUT2D eigenvalue weighted by atomic mass is 10.1. The Labute approximate surface area is 84.6 Å². The van der Waals surface area contributed by atoms with Gasteiger partial charge in [0.25, 0.3) is 0 Å². The zero-order valence-corrected chi connectivity index (χ0v) is 7.80. The maximum atomic E-state index is 11.1. The summed E-state index contributed by atoms with van der Waals surface area (Å²) in [5.41, 5.74) is 0.682. The highest BCUT2D eigenvalue weighted by Crippen LogP contribution is 2.19. The molecule has 0 bridgehead atoms. The second-order valence-corrected chi connectivity index (χ2v) is 3.29. The van der Waals surface area contributed by atoms with Gasteiger partial charge in [-0.3, -0.25) is 4.79 Å². The van der Waals surface area contributed by atoms with Gasteiger partial charge in [-0.25, -0.2) is 0 Å². The van der Waals surface area contributed by atoms with Crippen molar-refractivity contribution in [1.29, 1.82) is 5.26 Å². The number of nitrogens with zero attached hydrogens (tertiary/aromatic N) is 1. The van der Waals surface area contributed by atoms with Crippen molar-refractivity contribution in [3.05, 3.63) is 45.2 Å². The molecule has 14 heavy (non-hydrogen) atoms. The van der Waals surface area contributed by atoms with Crippen molar-refractivity contribution in [2.24, 2.45) is 0 Å². The summed E-state index contributed by atoms with van der Waals surface area (Å²) in [7, 11) is 0. The minimum atomic E-state index is -0.281. The number of nitriles is 1. The molecule has 0 saturated heterocycles. The number of nitrogens with one attached hydrogen (secondary N) is 1. The molecule has 68 valence electrons. The van der Waals surface area contributed by atoms with Crippen LogP contribution in [0.25, 0.3) is 10.9 Å². The first kappa shape index (κ1) is 8.79. The van der Waals surface area contributed by atoms with Crippen LogP contribution in [0.15, 0.2) is 29.1 Å². The summed E-state index contributed by atoms with van der Waals surface area (Å²) in [6.45, 7) is 0. The number of hydrogen-bond donors (Lipinski definition) is 1. The quantitative estimate of drug-likeness (QED) is 0.714. The number of rotatable bonds is 0. The SMILES string of the molecule is N#Cc1cc(=O)[nH]c2ccc(Cl)cc12. The van der Waals surface area contributed by atoms with Crippen LogP contribution in [0.2, 0.25) is 5.02 Å². The molecule has 0 saturated carbocycles. The highest BCUT2D eigenvalue weighted by atomic mass is 35.5. The number of hydrogen-bond acceptors (Lipinski definition) is 2. The zero-order chi connectivity index (χ0) is 10.1. The Morgan fingerprint density at radius 3 is 2.86 bits per heavy atom. The lowest BCUT2D eigenvalue weighted by Gasteiger charge is -1.99. The van der Waals surface area contributed by atoms with Gasteiger partial charge in [-0.15, -0.1) is 0 Å². The molecule has 1 aromatic heterocycles. The van der Waals surface area contributed by atoms with E-state index in [-0.39, 0.29) is 5.56 Å². The van der Waals surface area contributed by atoms with Gasteiger partial charge in [-0.2, -0.15) is 5.26 Å². The van der Waals surface area contributed by atoms with Gasteiger partial charge in [-0.1, -0.05) is 11.6 Å². The van der Waals surface area contributed by atoms with Crippen molar-refractivity contribution in [3.8, 4) is 6.07 Å². The Bertz CT molecular complexity index is 595. The third-order valence-corrected chi connectivity index (χ3v) is 2.16. The van der Waals surface area contributed by atoms with Crippen molar-refractivity contribution in [1.82, 2.24) is 4.98 Å². The van der Waals surface area contributed by atoms with Crippen LogP contribution >= 0.6 is 11.6 Å². The topological polar surface area (TPSA) is 56.6 Å². The van der Waals surface area contributed by atoms with Gasteiger partial charge < -0.3 is 4.98 Å². The highest BCUT2D eigenvalue weighted by molar-refractivity contribution is 6.31. The summed E-state index contributed by atoms with van der Waals surface area (Å²) in [5, 5.41) is 10.0. The molecule has 4 heteroatoms. The lowest BCUT2D eigenvalue weighted by molar-refractivity contribution is 1.29. The maximum Gasteiger partial charge on any atom is 0.249 e. The first-order chi connectivity index (χ1) is 6.70. The number of aromatic nitrogens is 1. The molecule has 0 unspecified atom stereocenters. The van der Waals surface area contributed by atoms with Crippen molar-refractivity contribution in [3.63, 3.8) is 0 Å². The van der Waals surface area contributed by atoms with Gasteiger partial charge in [0.05, 0.1) is 5.56 Å². The van der Waals surface area contributed by atoms with Crippen molar-refractivity contribution >= 4 is 22.5 Å². The van der Waals surface area contributed by atoms with E-state index in [1.165, 1.54) is 6.07 Å². The standard InChI is InChI=1S/C10H5ClN2O/c11-7-1-2-9-8(4-7)6(5-12)3-10(14)13-9/h1-4H,(H,13,14). The van der Waals surface area contributed by atoms with Crippen LogP contribution in [0.4, 0.5) is 0 Å². The van der Waals surface area contributed by atoms with Gasteiger partial charge >= 0.3 is 0 Å². The van der Waals surface area contributed by atoms with Gasteiger partial charge in [0, 0.05) is 22.0 Å². The van der Waals surface area contributed by atoms with Crippen LogP contribution in [0, 0.1) is 11.3 Å². The van der Waals surface area contributed by atoms with E-state index in [0.717, 1.165) is 0 Å². The molecule has 1 aromatic carbocycles. The molecule has 1 heterocycles. The van der Waals surface area contributed by atoms with E-state index in [4.69, 9.17) is 16.9 Å². The number of aromatic amines is 1. The Balaban J connectivity index is 2.98. The summed E-state index contributed by atoms with van der Waals surface area (Å²) in [6.07, 6.45) is 0. The Morgan fingerprint density at radius 1 is 1.36 bits per heavy atom. The number of fused-ring (bicyclic) bond motifs is 1. The van der Waals surface area contributed by atoms with Gasteiger partial charge in [0.2, 0.25) is 5.56 Å². The minimum Gasteiger partial charge on any atom is -0.322 e. The summed E-state index contributed by atoms with van der Waals surface area (Å²) in [5.74, 6) is 0. The number of benzene rings is 1. The molecule has 0 radical (unpaired) electrons. The predicted molar refractivity (Wildman–Crippen MR) is 54.3 cm³/mol. The molecule has 0 fully saturated rings. The summed E-state index contributed by atoms with van der Waals surface area (Å²) < 4.78 is 0. The highest BCUT2D eigenvalue weighted by Gasteiger charge is 2.02. The average Bonchev–Trinajstić information content (AvgIpc) is 2.17. The molecule has 0 aliphatic heterocycles. The van der Waals surface area contributed by atoms with Crippen LogP contribution in [0.5, 0.6) is 0 Å². The van der Waals surface area contributed by atoms with Crippen molar-refractivity contribution < 1.29 is 0 Å². The first-order valence-corrected chi connectivity index (χ1v) is 4.31. The first-order valence-electron chi connectivity index (χ1n) is 3.93. The van der Waals surface area contributed by atoms with E-state index in [1.54, 1.807) is 18.2 Å². The summed E-state index contributed by atoms with van der Waals surface area (Å²) >= 11 is 5.79. The fraction of sp³-hybridized carbons (Fsp3) is 0. The molecule has 0 amide bonds. The molecule has 3 nitrogen and oxygen atoms in total. The van der Waals surface area contributed by atoms with Crippen molar-refractivity contribution in [2.45, 2.75) is 0 Å². The van der Waals surface area contributed by atoms with E-state index in [0.29, 0.717) is 21.5 Å². The molecular weight excluding hydrogens is 200 g/mol. The molecular formula is C10H5ClN2O. The van der Waals surface area contributed by atoms with Gasteiger partial charge in [0.15, 0.2) is 0 Å². The maximum absolute atomic E-state index is 11.1. The van der Waals surface area contributed by atoms with Gasteiger partial charge in [-0.05, 0) is 18.2 Å². The molecule has 0 aliphatic carbocycles. The zero-order valence-electron chi connectivity index (χ0n) is 7.04. The second kappa shape index (κ2) is 3.17. The Hall–Kier alpha value is -1.79. The fourth-order valence-electron chi connectivity index (χ4n) is 1.32. The molecule has 0 aliphatic rings. The molecule has 0 spiro atoms. The third-order valence-electron chi connectivity index (χ3n) is 1.93. The van der Waals surface area contributed by atoms with Crippen LogP contribution in [0.3, 0.4) is 0 Å². The van der Waals surface area contributed by atoms with Gasteiger partial charge in [0.1, 0.15) is 6.07 Å². The van der Waals surface area contributed by atoms with E-state index in [2.05, 4.69) is 4.98 Å². The van der Waals surface area contributed by atoms with E-state index >= 15 is 0 Å². The minimum absolute atomic E-state index is 0.281. The number of pyridine rings is 1. The van der Waals surface area contributed by atoms with E-state index in [9.17, 15) is 4.79 Å². The largest absolute Gasteiger partial charge is 0.322 e. The normalized spacial score (nSPS) is 10.0. The Morgan fingerprint density at radius 2 is 2.14 bits per heavy atom. The van der Waals surface area contributed by atoms with E-state index < -0.39 is 0 Å². The van der Waals surface area contributed by atoms with Crippen LogP contribution in [-0.4, -0.2) is 4.98 Å². The third kappa shape index (κ3) is 1.36. The lowest BCUT2D eigenvalue weighted by Crippen LogP contribution is -2.04. The number of halogens is 1. The number of H-pyrrole nitrogens is 1. The fourth-order valence-corrected chi connectivity index (χ4v) is 1.49. The average molecular weight is 205 g/mol. The molecule has 2 rings (SSSR count). The second-order valence-electron chi connectivity index (χ2n) is 2.85. The molecule has 0 atom stereocenters. The Kier molecular flexibility index (Phi) is 1.99. The van der Waals surface area contributed by atoms with E-state index in [1.807, 2.05) is 6.07 Å². The van der Waals surface area contributed by atoms with Crippen LogP contribution < -0.4 is 5.56 Å². The van der Waals surface area contributed by atoms with Crippen LogP contribution in [-0.2, 0) is 0 Å². The summed E-state index contributed by atoms with van der Waals surface area (Å²) in [4.78, 5) is 13.7. The molecule has 1 N–H and O–H groups in total. The smallest absolute Gasteiger partial charge is 0.249 e. The monoisotopic (exact) mass is 204 g/mol. The van der Waals surface area contributed by atoms with Crippen LogP contribution in [0.1, 0.15) is 5.56 Å². The molecule has 2 aromatic rings.